The average Bonchev–Trinajstić information content (AvgIpc) is 1.87. The molecule has 3 N–H and O–H groups in total. The molecule has 2 fully saturated rings. The fourth-order valence-electron chi connectivity index (χ4n) is 11.4. The molecule has 95 heavy (non-hydrogen) atoms. The number of hydrogen-bond acceptors (Lipinski definition) is 12. The molecule has 2 saturated heterocycles. The van der Waals surface area contributed by atoms with Crippen LogP contribution in [0.15, 0.2) is 42.5 Å². The second-order valence-electron chi connectivity index (χ2n) is 25.7. The molecule has 2 aromatic rings. The Hall–Kier alpha value is -7.72. The molecule has 30 heteroatoms. The molecule has 2 aliphatic rings. The van der Waals surface area contributed by atoms with Gasteiger partial charge in [0.2, 0.25) is 65.0 Å². The Bertz CT molecular complexity index is 3070. The Balaban J connectivity index is 1.76. The standard InChI is InChI=1S/C65H94ClF6N11O12/c1-15-40(6)56-62(93)78(10)36-54(87)76(8)37-55(88)81(13)50(34-43-20-18-21-44(32-43)95-65(70,71)72)61(92)77(9)35-51(84)74-47(27-25-42-24-26-45(46(66)33-42)64(67,68)69)60(91)83-29-19-22-48(83)58(89)73-28-17-16-23-52(85)82(14)57(39(4)5)63(94)79(11)41(7)31-53(86)80(12)49(30-38(2)3)59(90)75-56/h18,20-21,24,26,32-33,38-41,47-50,56-57H,15-17,19,22-23,25,27-31,34-37H2,1-14H3,(H,73,89)(H,74,84)(H,75,90)/t40-,41+,47-,48-,49-,50-,56-,57-/m0/s1. The second-order valence-corrected chi connectivity index (χ2v) is 26.1. The summed E-state index contributed by atoms with van der Waals surface area (Å²) in [6.45, 7) is 10.3. The molecule has 0 aromatic heterocycles. The van der Waals surface area contributed by atoms with Gasteiger partial charge in [-0.05, 0) is 105 Å². The molecule has 23 nitrogen and oxygen atoms in total. The van der Waals surface area contributed by atoms with E-state index >= 15 is 0 Å². The summed E-state index contributed by atoms with van der Waals surface area (Å²) in [5.74, 6) is -9.24. The van der Waals surface area contributed by atoms with Crippen LogP contribution in [0.5, 0.6) is 5.75 Å². The van der Waals surface area contributed by atoms with Crippen molar-refractivity contribution in [1.29, 1.82) is 0 Å². The van der Waals surface area contributed by atoms with Crippen molar-refractivity contribution in [2.24, 2.45) is 17.8 Å². The maximum absolute atomic E-state index is 14.7. The van der Waals surface area contributed by atoms with Gasteiger partial charge in [0.25, 0.3) is 0 Å². The van der Waals surface area contributed by atoms with Crippen LogP contribution in [-0.4, -0.2) is 235 Å². The number of likely N-dealkylation sites (N-methyl/N-ethyl adjacent to an activating group) is 7. The number of carbonyl (C=O) groups is 11. The van der Waals surface area contributed by atoms with E-state index in [4.69, 9.17) is 11.6 Å². The van der Waals surface area contributed by atoms with Gasteiger partial charge in [0.15, 0.2) is 0 Å². The van der Waals surface area contributed by atoms with Crippen LogP contribution in [0.2, 0.25) is 5.02 Å². The van der Waals surface area contributed by atoms with Gasteiger partial charge >= 0.3 is 12.5 Å². The molecule has 530 valence electrons. The number of benzene rings is 2. The summed E-state index contributed by atoms with van der Waals surface area (Å²) < 4.78 is 85.4. The molecule has 0 unspecified atom stereocenters. The van der Waals surface area contributed by atoms with E-state index in [-0.39, 0.29) is 86.9 Å². The first kappa shape index (κ1) is 79.7. The monoisotopic (exact) mass is 1370 g/mol. The molecule has 8 atom stereocenters. The second kappa shape index (κ2) is 35.3. The van der Waals surface area contributed by atoms with Crippen LogP contribution in [0.25, 0.3) is 0 Å². The fourth-order valence-corrected chi connectivity index (χ4v) is 11.7. The number of carbonyl (C=O) groups excluding carboxylic acids is 11. The van der Waals surface area contributed by atoms with Crippen LogP contribution in [-0.2, 0) is 71.8 Å². The van der Waals surface area contributed by atoms with Gasteiger partial charge in [-0.3, -0.25) is 52.7 Å². The van der Waals surface area contributed by atoms with Gasteiger partial charge in [0.1, 0.15) is 42.0 Å². The zero-order valence-electron chi connectivity index (χ0n) is 56.8. The van der Waals surface area contributed by atoms with Crippen molar-refractivity contribution < 1.29 is 83.8 Å². The lowest BCUT2D eigenvalue weighted by atomic mass is 9.95. The molecular weight excluding hydrogens is 1280 g/mol. The van der Waals surface area contributed by atoms with Gasteiger partial charge < -0.3 is 59.9 Å². The summed E-state index contributed by atoms with van der Waals surface area (Å²) in [6, 6.07) is -0.583. The molecule has 0 aliphatic carbocycles. The predicted octanol–water partition coefficient (Wildman–Crippen LogP) is 5.53. The highest BCUT2D eigenvalue weighted by atomic mass is 35.5. The Morgan fingerprint density at radius 3 is 1.87 bits per heavy atom. The lowest BCUT2D eigenvalue weighted by Gasteiger charge is -2.37. The lowest BCUT2D eigenvalue weighted by molar-refractivity contribution is -0.274. The number of aryl methyl sites for hydroxylation is 1. The average molecular weight is 1370 g/mol. The first-order valence-electron chi connectivity index (χ1n) is 31.8. The van der Waals surface area contributed by atoms with Gasteiger partial charge in [0, 0.05) is 87.7 Å². The molecule has 4 rings (SSSR count). The van der Waals surface area contributed by atoms with E-state index in [1.807, 2.05) is 13.8 Å². The predicted molar refractivity (Wildman–Crippen MR) is 340 cm³/mol. The van der Waals surface area contributed by atoms with Crippen LogP contribution < -0.4 is 20.7 Å². The van der Waals surface area contributed by atoms with Crippen LogP contribution >= 0.6 is 11.6 Å². The number of fused-ring (bicyclic) bond motifs is 1. The van der Waals surface area contributed by atoms with Crippen molar-refractivity contribution in [3.8, 4) is 5.75 Å². The van der Waals surface area contributed by atoms with E-state index in [2.05, 4.69) is 20.7 Å². The first-order valence-corrected chi connectivity index (χ1v) is 32.2. The highest BCUT2D eigenvalue weighted by Gasteiger charge is 2.42. The van der Waals surface area contributed by atoms with Crippen molar-refractivity contribution in [3.05, 3.63) is 64.2 Å². The lowest BCUT2D eigenvalue weighted by Crippen LogP contribution is -2.58. The number of rotatable bonds is 11. The maximum atomic E-state index is 14.7. The van der Waals surface area contributed by atoms with Crippen molar-refractivity contribution in [2.45, 2.75) is 174 Å². The van der Waals surface area contributed by atoms with E-state index in [1.54, 1.807) is 34.6 Å². The zero-order chi connectivity index (χ0) is 71.7. The largest absolute Gasteiger partial charge is 0.573 e. The van der Waals surface area contributed by atoms with Crippen LogP contribution in [0.4, 0.5) is 26.3 Å². The third-order valence-corrected chi connectivity index (χ3v) is 17.8. The number of ether oxygens (including phenoxy) is 1. The topological polar surface area (TPSA) is 259 Å². The first-order chi connectivity index (χ1) is 44.2. The SMILES string of the molecule is CC[C@H](C)[C@@H]1NC(=O)[C@H](CC(C)C)N(C)C(=O)C[C@@H](C)N(C)C(=O)[C@H](C(C)C)N(C)C(=O)CCCCNC(=O)[C@@H]2CCCN2C(=O)[C@H](CCc2ccc(C(F)(F)F)c(Cl)c2)NC(=O)CN(C)C(=O)[C@H](Cc2cccc(OC(F)(F)F)c2)N(C)C(=O)CN(C)C(=O)CN(C)C1=O. The third-order valence-electron chi connectivity index (χ3n) is 17.5. The molecule has 0 bridgehead atoms. The normalized spacial score (nSPS) is 23.7. The van der Waals surface area contributed by atoms with Gasteiger partial charge in [-0.15, -0.1) is 13.2 Å². The molecule has 2 aliphatic heterocycles. The van der Waals surface area contributed by atoms with Crippen molar-refractivity contribution in [3.63, 3.8) is 0 Å². The van der Waals surface area contributed by atoms with E-state index in [1.165, 1.54) is 81.1 Å². The molecule has 2 aromatic carbocycles. The quantitative estimate of drug-likeness (QED) is 0.235. The van der Waals surface area contributed by atoms with Gasteiger partial charge in [0.05, 0.1) is 30.2 Å². The maximum Gasteiger partial charge on any atom is 0.573 e. The third kappa shape index (κ3) is 23.0. The van der Waals surface area contributed by atoms with Crippen LogP contribution in [0.1, 0.15) is 123 Å². The number of hydrogen-bond donors (Lipinski definition) is 3. The minimum Gasteiger partial charge on any atom is -0.406 e. The Morgan fingerprint density at radius 2 is 1.27 bits per heavy atom. The highest BCUT2D eigenvalue weighted by Crippen LogP contribution is 2.35. The molecule has 0 saturated carbocycles. The number of halogens is 7. The van der Waals surface area contributed by atoms with Crippen molar-refractivity contribution >= 4 is 76.6 Å². The summed E-state index contributed by atoms with van der Waals surface area (Å²) in [4.78, 5) is 166. The van der Waals surface area contributed by atoms with E-state index in [9.17, 15) is 79.1 Å². The summed E-state index contributed by atoms with van der Waals surface area (Å²) in [6.07, 6.45) is -9.36. The number of nitrogens with zero attached hydrogens (tertiary/aromatic N) is 8. The Kier molecular flexibility index (Phi) is 29.6. The zero-order valence-corrected chi connectivity index (χ0v) is 57.5. The summed E-state index contributed by atoms with van der Waals surface area (Å²) in [5.41, 5.74) is -0.808. The summed E-state index contributed by atoms with van der Waals surface area (Å²) >= 11 is 6.04. The van der Waals surface area contributed by atoms with E-state index < -0.39 is 162 Å². The van der Waals surface area contributed by atoms with Crippen LogP contribution in [0.3, 0.4) is 0 Å². The number of amides is 11. The minimum atomic E-state index is -5.11. The van der Waals surface area contributed by atoms with Gasteiger partial charge in [-0.2, -0.15) is 13.2 Å². The Labute approximate surface area is 557 Å². The van der Waals surface area contributed by atoms with Crippen molar-refractivity contribution in [2.75, 3.05) is 82.1 Å². The Morgan fingerprint density at radius 1 is 0.642 bits per heavy atom. The number of alkyl halides is 6. The fraction of sp³-hybridized carbons (Fsp3) is 0.646. The minimum absolute atomic E-state index is 0.0234. The summed E-state index contributed by atoms with van der Waals surface area (Å²) in [5, 5.41) is 7.63. The van der Waals surface area contributed by atoms with Crippen LogP contribution in [0, 0.1) is 17.8 Å². The summed E-state index contributed by atoms with van der Waals surface area (Å²) in [7, 11) is 9.39. The molecule has 0 spiro atoms. The molecular formula is C65H94ClF6N11O12. The highest BCUT2D eigenvalue weighted by molar-refractivity contribution is 6.31. The molecule has 11 amide bonds. The van der Waals surface area contributed by atoms with Gasteiger partial charge in [-0.25, -0.2) is 0 Å². The molecule has 2 heterocycles. The van der Waals surface area contributed by atoms with Gasteiger partial charge in [-0.1, -0.05) is 77.8 Å². The van der Waals surface area contributed by atoms with Crippen molar-refractivity contribution in [1.82, 2.24) is 55.1 Å². The molecule has 0 radical (unpaired) electrons. The number of nitrogens with one attached hydrogen (secondary N) is 3. The smallest absolute Gasteiger partial charge is 0.406 e. The van der Waals surface area contributed by atoms with E-state index in [0.29, 0.717) is 19.3 Å². The van der Waals surface area contributed by atoms with E-state index in [0.717, 1.165) is 49.9 Å².